The Hall–Kier alpha value is -1.14. The predicted molar refractivity (Wildman–Crippen MR) is 62.2 cm³/mol. The lowest BCUT2D eigenvalue weighted by atomic mass is 10.1. The predicted octanol–water partition coefficient (Wildman–Crippen LogP) is 0.258. The van der Waals surface area contributed by atoms with Crippen molar-refractivity contribution in [2.24, 2.45) is 0 Å². The third-order valence-electron chi connectivity index (χ3n) is 3.45. The number of carboxylic acid groups (broad SMARTS) is 1. The van der Waals surface area contributed by atoms with Gasteiger partial charge in [0.25, 0.3) is 5.91 Å². The van der Waals surface area contributed by atoms with E-state index in [4.69, 9.17) is 14.6 Å². The first-order chi connectivity index (χ1) is 8.68. The first-order valence-electron chi connectivity index (χ1n) is 6.40. The minimum Gasteiger partial charge on any atom is -0.480 e. The van der Waals surface area contributed by atoms with Gasteiger partial charge in [0.1, 0.15) is 6.54 Å². The Morgan fingerprint density at radius 2 is 1.94 bits per heavy atom. The summed E-state index contributed by atoms with van der Waals surface area (Å²) in [5.41, 5.74) is 0. The van der Waals surface area contributed by atoms with Gasteiger partial charge < -0.3 is 19.5 Å². The van der Waals surface area contributed by atoms with Crippen molar-refractivity contribution in [3.05, 3.63) is 0 Å². The van der Waals surface area contributed by atoms with Gasteiger partial charge in [-0.25, -0.2) is 0 Å². The molecule has 2 fully saturated rings. The lowest BCUT2D eigenvalue weighted by Gasteiger charge is -2.32. The molecule has 2 rings (SSSR count). The van der Waals surface area contributed by atoms with Crippen molar-refractivity contribution in [2.75, 3.05) is 26.4 Å². The SMILES string of the molecule is O=C(O)CN(C(=O)C1COCCO1)C1CCCC1. The van der Waals surface area contributed by atoms with E-state index in [1.165, 1.54) is 4.90 Å². The van der Waals surface area contributed by atoms with Crippen LogP contribution in [0.2, 0.25) is 0 Å². The summed E-state index contributed by atoms with van der Waals surface area (Å²) in [6.07, 6.45) is 3.23. The van der Waals surface area contributed by atoms with Gasteiger partial charge in [-0.15, -0.1) is 0 Å². The van der Waals surface area contributed by atoms with Gasteiger partial charge in [0.15, 0.2) is 6.10 Å². The van der Waals surface area contributed by atoms with Crippen molar-refractivity contribution >= 4 is 11.9 Å². The van der Waals surface area contributed by atoms with Gasteiger partial charge in [0.05, 0.1) is 19.8 Å². The Balaban J connectivity index is 2.01. The number of carbonyl (C=O) groups excluding carboxylic acids is 1. The molecule has 1 aliphatic carbocycles. The molecule has 0 spiro atoms. The number of amides is 1. The van der Waals surface area contributed by atoms with E-state index in [1.807, 2.05) is 0 Å². The van der Waals surface area contributed by atoms with Crippen LogP contribution in [0, 0.1) is 0 Å². The Bertz CT molecular complexity index is 308. The van der Waals surface area contributed by atoms with E-state index in [9.17, 15) is 9.59 Å². The highest BCUT2D eigenvalue weighted by Gasteiger charge is 2.34. The molecule has 1 unspecified atom stereocenters. The molecule has 18 heavy (non-hydrogen) atoms. The average molecular weight is 257 g/mol. The van der Waals surface area contributed by atoms with E-state index in [0.29, 0.717) is 13.2 Å². The van der Waals surface area contributed by atoms with Gasteiger partial charge in [0, 0.05) is 6.04 Å². The smallest absolute Gasteiger partial charge is 0.323 e. The summed E-state index contributed by atoms with van der Waals surface area (Å²) in [4.78, 5) is 24.6. The molecule has 6 nitrogen and oxygen atoms in total. The van der Waals surface area contributed by atoms with Crippen LogP contribution in [0.15, 0.2) is 0 Å². The number of rotatable bonds is 4. The maximum atomic E-state index is 12.3. The molecule has 102 valence electrons. The van der Waals surface area contributed by atoms with Crippen LogP contribution in [-0.4, -0.2) is 60.4 Å². The molecule has 0 aromatic rings. The maximum absolute atomic E-state index is 12.3. The molecule has 1 saturated carbocycles. The molecule has 1 heterocycles. The summed E-state index contributed by atoms with van der Waals surface area (Å²) in [6, 6.07) is 0.0409. The topological polar surface area (TPSA) is 76.1 Å². The molecule has 1 N–H and O–H groups in total. The van der Waals surface area contributed by atoms with Crippen LogP contribution in [0.4, 0.5) is 0 Å². The van der Waals surface area contributed by atoms with E-state index >= 15 is 0 Å². The number of ether oxygens (including phenoxy) is 2. The summed E-state index contributed by atoms with van der Waals surface area (Å²) in [5.74, 6) is -1.23. The Morgan fingerprint density at radius 1 is 1.22 bits per heavy atom. The quantitative estimate of drug-likeness (QED) is 0.781. The summed E-state index contributed by atoms with van der Waals surface area (Å²) in [6.45, 7) is 0.860. The van der Waals surface area contributed by atoms with Crippen molar-refractivity contribution in [3.8, 4) is 0 Å². The fraction of sp³-hybridized carbons (Fsp3) is 0.833. The second-order valence-corrected chi connectivity index (χ2v) is 4.73. The summed E-state index contributed by atoms with van der Waals surface area (Å²) in [5, 5.41) is 8.93. The van der Waals surface area contributed by atoms with Gasteiger partial charge in [-0.3, -0.25) is 9.59 Å². The molecule has 0 radical (unpaired) electrons. The minimum atomic E-state index is -0.980. The zero-order valence-corrected chi connectivity index (χ0v) is 10.3. The van der Waals surface area contributed by atoms with E-state index in [1.54, 1.807) is 0 Å². The van der Waals surface area contributed by atoms with Crippen LogP contribution in [0.5, 0.6) is 0 Å². The molecule has 0 aromatic carbocycles. The Labute approximate surface area is 106 Å². The van der Waals surface area contributed by atoms with Crippen LogP contribution in [-0.2, 0) is 19.1 Å². The number of nitrogens with zero attached hydrogens (tertiary/aromatic N) is 1. The number of carboxylic acids is 1. The third kappa shape index (κ3) is 3.20. The summed E-state index contributed by atoms with van der Waals surface area (Å²) in [7, 11) is 0. The highest BCUT2D eigenvalue weighted by molar-refractivity contribution is 5.85. The van der Waals surface area contributed by atoms with E-state index in [2.05, 4.69) is 0 Å². The van der Waals surface area contributed by atoms with Gasteiger partial charge >= 0.3 is 5.97 Å². The molecule has 6 heteroatoms. The second-order valence-electron chi connectivity index (χ2n) is 4.73. The van der Waals surface area contributed by atoms with E-state index < -0.39 is 12.1 Å². The number of hydrogen-bond acceptors (Lipinski definition) is 4. The van der Waals surface area contributed by atoms with Crippen LogP contribution in [0.1, 0.15) is 25.7 Å². The van der Waals surface area contributed by atoms with Crippen molar-refractivity contribution in [1.82, 2.24) is 4.90 Å². The van der Waals surface area contributed by atoms with Crippen molar-refractivity contribution < 1.29 is 24.2 Å². The maximum Gasteiger partial charge on any atom is 0.323 e. The molecule has 0 aromatic heterocycles. The lowest BCUT2D eigenvalue weighted by molar-refractivity contribution is -0.163. The molecular formula is C12H19NO5. The molecule has 2 aliphatic rings. The van der Waals surface area contributed by atoms with Crippen molar-refractivity contribution in [2.45, 2.75) is 37.8 Å². The number of aliphatic carboxylic acids is 1. The van der Waals surface area contributed by atoms with E-state index in [-0.39, 0.29) is 25.1 Å². The first-order valence-corrected chi connectivity index (χ1v) is 6.40. The standard InChI is InChI=1S/C12H19NO5/c14-11(15)7-13(9-3-1-2-4-9)12(16)10-8-17-5-6-18-10/h9-10H,1-8H2,(H,14,15). The average Bonchev–Trinajstić information content (AvgIpc) is 2.89. The van der Waals surface area contributed by atoms with Crippen molar-refractivity contribution in [3.63, 3.8) is 0 Å². The van der Waals surface area contributed by atoms with Gasteiger partial charge in [0.2, 0.25) is 0 Å². The number of hydrogen-bond donors (Lipinski definition) is 1. The van der Waals surface area contributed by atoms with Crippen LogP contribution in [0.3, 0.4) is 0 Å². The second kappa shape index (κ2) is 6.15. The Kier molecular flexibility index (Phi) is 4.54. The largest absolute Gasteiger partial charge is 0.480 e. The third-order valence-corrected chi connectivity index (χ3v) is 3.45. The molecule has 1 aliphatic heterocycles. The summed E-state index contributed by atoms with van der Waals surface area (Å²) >= 11 is 0. The van der Waals surface area contributed by atoms with Crippen LogP contribution >= 0.6 is 0 Å². The lowest BCUT2D eigenvalue weighted by Crippen LogP contribution is -2.50. The summed E-state index contributed by atoms with van der Waals surface area (Å²) < 4.78 is 10.6. The highest BCUT2D eigenvalue weighted by atomic mass is 16.6. The van der Waals surface area contributed by atoms with Crippen LogP contribution < -0.4 is 0 Å². The zero-order chi connectivity index (χ0) is 13.0. The first kappa shape index (κ1) is 13.3. The normalized spacial score (nSPS) is 25.0. The zero-order valence-electron chi connectivity index (χ0n) is 10.3. The minimum absolute atomic E-state index is 0.0409. The molecule has 1 atom stereocenters. The monoisotopic (exact) mass is 257 g/mol. The van der Waals surface area contributed by atoms with Gasteiger partial charge in [-0.05, 0) is 12.8 Å². The molecular weight excluding hydrogens is 238 g/mol. The fourth-order valence-electron chi connectivity index (χ4n) is 2.56. The van der Waals surface area contributed by atoms with Crippen molar-refractivity contribution in [1.29, 1.82) is 0 Å². The number of carbonyl (C=O) groups is 2. The molecule has 1 saturated heterocycles. The highest BCUT2D eigenvalue weighted by Crippen LogP contribution is 2.24. The van der Waals surface area contributed by atoms with Gasteiger partial charge in [-0.1, -0.05) is 12.8 Å². The molecule has 0 bridgehead atoms. The van der Waals surface area contributed by atoms with Crippen LogP contribution in [0.25, 0.3) is 0 Å². The Morgan fingerprint density at radius 3 is 2.50 bits per heavy atom. The molecule has 1 amide bonds. The van der Waals surface area contributed by atoms with Gasteiger partial charge in [-0.2, -0.15) is 0 Å². The fourth-order valence-corrected chi connectivity index (χ4v) is 2.56. The van der Waals surface area contributed by atoms with E-state index in [0.717, 1.165) is 25.7 Å².